The van der Waals surface area contributed by atoms with E-state index in [1.54, 1.807) is 24.1 Å². The summed E-state index contributed by atoms with van der Waals surface area (Å²) in [5, 5.41) is 6.97. The molecule has 2 heterocycles. The van der Waals surface area contributed by atoms with Crippen LogP contribution in [0.1, 0.15) is 0 Å². The standard InChI is InChI=1S/C9H13N7/c1-10-7-12-8(15(2)3)14-9(13-7)16-6-4-5-11-16/h4-6H,1-3H3,(H,10,12,13,14). The van der Waals surface area contributed by atoms with Crippen LogP contribution in [0.5, 0.6) is 0 Å². The first-order valence-corrected chi connectivity index (χ1v) is 4.82. The van der Waals surface area contributed by atoms with E-state index >= 15 is 0 Å². The highest BCUT2D eigenvalue weighted by Gasteiger charge is 2.08. The summed E-state index contributed by atoms with van der Waals surface area (Å²) in [6, 6.07) is 1.82. The van der Waals surface area contributed by atoms with Crippen molar-refractivity contribution in [2.45, 2.75) is 0 Å². The third-order valence-electron chi connectivity index (χ3n) is 1.94. The average Bonchev–Trinajstić information content (AvgIpc) is 2.81. The van der Waals surface area contributed by atoms with Crippen LogP contribution >= 0.6 is 0 Å². The lowest BCUT2D eigenvalue weighted by atomic mass is 10.7. The van der Waals surface area contributed by atoms with Crippen LogP contribution in [-0.2, 0) is 0 Å². The molecule has 0 saturated heterocycles. The van der Waals surface area contributed by atoms with Crippen molar-refractivity contribution in [1.82, 2.24) is 24.7 Å². The first-order chi connectivity index (χ1) is 7.70. The van der Waals surface area contributed by atoms with Gasteiger partial charge in [-0.05, 0) is 6.07 Å². The molecule has 0 spiro atoms. The molecular formula is C9H13N7. The van der Waals surface area contributed by atoms with Gasteiger partial charge in [0.2, 0.25) is 11.9 Å². The van der Waals surface area contributed by atoms with Crippen LogP contribution in [-0.4, -0.2) is 45.9 Å². The van der Waals surface area contributed by atoms with Gasteiger partial charge in [-0.15, -0.1) is 0 Å². The highest BCUT2D eigenvalue weighted by Crippen LogP contribution is 2.09. The highest BCUT2D eigenvalue weighted by atomic mass is 15.4. The smallest absolute Gasteiger partial charge is 0.257 e. The van der Waals surface area contributed by atoms with E-state index in [1.165, 1.54) is 0 Å². The molecule has 2 aromatic rings. The van der Waals surface area contributed by atoms with Crippen molar-refractivity contribution < 1.29 is 0 Å². The molecule has 0 aromatic carbocycles. The molecule has 0 aliphatic rings. The van der Waals surface area contributed by atoms with E-state index in [9.17, 15) is 0 Å². The molecule has 0 atom stereocenters. The molecule has 2 rings (SSSR count). The fourth-order valence-electron chi connectivity index (χ4n) is 1.16. The summed E-state index contributed by atoms with van der Waals surface area (Å²) in [6.45, 7) is 0. The van der Waals surface area contributed by atoms with E-state index in [0.29, 0.717) is 17.8 Å². The Kier molecular flexibility index (Phi) is 2.67. The molecule has 0 saturated carbocycles. The second-order valence-corrected chi connectivity index (χ2v) is 3.35. The summed E-state index contributed by atoms with van der Waals surface area (Å²) >= 11 is 0. The van der Waals surface area contributed by atoms with E-state index < -0.39 is 0 Å². The number of nitrogens with one attached hydrogen (secondary N) is 1. The average molecular weight is 219 g/mol. The minimum absolute atomic E-state index is 0.494. The maximum absolute atomic E-state index is 4.29. The summed E-state index contributed by atoms with van der Waals surface area (Å²) in [6.07, 6.45) is 3.46. The zero-order valence-electron chi connectivity index (χ0n) is 9.42. The van der Waals surface area contributed by atoms with Gasteiger partial charge in [-0.2, -0.15) is 20.1 Å². The zero-order chi connectivity index (χ0) is 11.5. The van der Waals surface area contributed by atoms with Crippen molar-refractivity contribution >= 4 is 11.9 Å². The summed E-state index contributed by atoms with van der Waals surface area (Å²) in [7, 11) is 5.52. The van der Waals surface area contributed by atoms with Crippen LogP contribution < -0.4 is 10.2 Å². The third kappa shape index (κ3) is 1.92. The highest BCUT2D eigenvalue weighted by molar-refractivity contribution is 5.38. The van der Waals surface area contributed by atoms with Gasteiger partial charge in [0.1, 0.15) is 0 Å². The van der Waals surface area contributed by atoms with E-state index in [4.69, 9.17) is 0 Å². The summed E-state index contributed by atoms with van der Waals surface area (Å²) in [4.78, 5) is 14.5. The topological polar surface area (TPSA) is 71.8 Å². The van der Waals surface area contributed by atoms with Gasteiger partial charge in [0.25, 0.3) is 5.95 Å². The molecule has 1 N–H and O–H groups in total. The van der Waals surface area contributed by atoms with Gasteiger partial charge in [-0.25, -0.2) is 4.68 Å². The molecule has 16 heavy (non-hydrogen) atoms. The van der Waals surface area contributed by atoms with Crippen LogP contribution in [0.2, 0.25) is 0 Å². The predicted octanol–water partition coefficient (Wildman–Crippen LogP) is 0.165. The van der Waals surface area contributed by atoms with Crippen molar-refractivity contribution in [1.29, 1.82) is 0 Å². The Labute approximate surface area is 93.2 Å². The molecule has 0 fully saturated rings. The number of rotatable bonds is 3. The summed E-state index contributed by atoms with van der Waals surface area (Å²) in [5.74, 6) is 1.60. The lowest BCUT2D eigenvalue weighted by Gasteiger charge is -2.12. The third-order valence-corrected chi connectivity index (χ3v) is 1.94. The lowest BCUT2D eigenvalue weighted by Crippen LogP contribution is -2.16. The Balaban J connectivity index is 2.49. The first-order valence-electron chi connectivity index (χ1n) is 4.82. The Morgan fingerprint density at radius 1 is 1.25 bits per heavy atom. The van der Waals surface area contributed by atoms with Crippen LogP contribution in [0.15, 0.2) is 18.5 Å². The predicted molar refractivity (Wildman–Crippen MR) is 60.8 cm³/mol. The van der Waals surface area contributed by atoms with Gasteiger partial charge >= 0.3 is 0 Å². The molecule has 2 aromatic heterocycles. The Morgan fingerprint density at radius 3 is 2.62 bits per heavy atom. The van der Waals surface area contributed by atoms with E-state index in [2.05, 4.69) is 25.4 Å². The fourth-order valence-corrected chi connectivity index (χ4v) is 1.16. The van der Waals surface area contributed by atoms with Crippen molar-refractivity contribution in [3.05, 3.63) is 18.5 Å². The number of hydrogen-bond acceptors (Lipinski definition) is 6. The van der Waals surface area contributed by atoms with E-state index in [-0.39, 0.29) is 0 Å². The van der Waals surface area contributed by atoms with Gasteiger partial charge in [0.05, 0.1) is 0 Å². The minimum Gasteiger partial charge on any atom is -0.357 e. The van der Waals surface area contributed by atoms with Gasteiger partial charge in [0.15, 0.2) is 0 Å². The quantitative estimate of drug-likeness (QED) is 0.793. The van der Waals surface area contributed by atoms with Gasteiger partial charge < -0.3 is 10.2 Å². The number of hydrogen-bond donors (Lipinski definition) is 1. The molecule has 84 valence electrons. The first kappa shape index (κ1) is 10.3. The molecule has 0 radical (unpaired) electrons. The van der Waals surface area contributed by atoms with Crippen molar-refractivity contribution in [3.8, 4) is 5.95 Å². The van der Waals surface area contributed by atoms with Crippen molar-refractivity contribution in [2.24, 2.45) is 0 Å². The second kappa shape index (κ2) is 4.13. The molecule has 0 unspecified atom stereocenters. The Hall–Kier alpha value is -2.18. The number of aromatic nitrogens is 5. The molecule has 0 amide bonds. The lowest BCUT2D eigenvalue weighted by molar-refractivity contribution is 0.790. The molecule has 7 nitrogen and oxygen atoms in total. The largest absolute Gasteiger partial charge is 0.357 e. The van der Waals surface area contributed by atoms with E-state index in [1.807, 2.05) is 25.1 Å². The zero-order valence-corrected chi connectivity index (χ0v) is 9.42. The minimum atomic E-state index is 0.494. The maximum atomic E-state index is 4.29. The molecule has 7 heteroatoms. The second-order valence-electron chi connectivity index (χ2n) is 3.35. The molecular weight excluding hydrogens is 206 g/mol. The fraction of sp³-hybridized carbons (Fsp3) is 0.333. The van der Waals surface area contributed by atoms with Gasteiger partial charge in [0, 0.05) is 33.5 Å². The van der Waals surface area contributed by atoms with Crippen LogP contribution in [0.25, 0.3) is 5.95 Å². The monoisotopic (exact) mass is 219 g/mol. The van der Waals surface area contributed by atoms with Gasteiger partial charge in [-0.1, -0.05) is 0 Å². The normalized spacial score (nSPS) is 10.2. The van der Waals surface area contributed by atoms with Crippen LogP contribution in [0, 0.1) is 0 Å². The van der Waals surface area contributed by atoms with Crippen molar-refractivity contribution in [2.75, 3.05) is 31.4 Å². The van der Waals surface area contributed by atoms with Gasteiger partial charge in [-0.3, -0.25) is 0 Å². The Morgan fingerprint density at radius 2 is 2.06 bits per heavy atom. The maximum Gasteiger partial charge on any atom is 0.257 e. The summed E-state index contributed by atoms with van der Waals surface area (Å²) in [5.41, 5.74) is 0. The molecule has 0 aliphatic carbocycles. The SMILES string of the molecule is CNc1nc(N(C)C)nc(-n2cccn2)n1. The number of nitrogens with zero attached hydrogens (tertiary/aromatic N) is 6. The van der Waals surface area contributed by atoms with Crippen LogP contribution in [0.3, 0.4) is 0 Å². The number of anilines is 2. The van der Waals surface area contributed by atoms with Crippen LogP contribution in [0.4, 0.5) is 11.9 Å². The molecule has 0 aliphatic heterocycles. The van der Waals surface area contributed by atoms with E-state index in [0.717, 1.165) is 0 Å². The Bertz CT molecular complexity index is 463. The molecule has 0 bridgehead atoms. The van der Waals surface area contributed by atoms with Crippen molar-refractivity contribution in [3.63, 3.8) is 0 Å². The summed E-state index contributed by atoms with van der Waals surface area (Å²) < 4.78 is 1.59.